The fourth-order valence-electron chi connectivity index (χ4n) is 3.21. The van der Waals surface area contributed by atoms with E-state index in [1.165, 1.54) is 18.5 Å². The number of aromatic nitrogens is 2. The third-order valence-electron chi connectivity index (χ3n) is 4.50. The Hall–Kier alpha value is -2.82. The molecule has 0 radical (unpaired) electrons. The molecule has 10 heteroatoms. The van der Waals surface area contributed by atoms with Crippen LogP contribution < -0.4 is 10.0 Å². The van der Waals surface area contributed by atoms with Crippen molar-refractivity contribution < 1.29 is 13.2 Å². The zero-order valence-corrected chi connectivity index (χ0v) is 19.7. The summed E-state index contributed by atoms with van der Waals surface area (Å²) in [5.41, 5.74) is 2.77. The van der Waals surface area contributed by atoms with Gasteiger partial charge in [-0.05, 0) is 48.9 Å². The van der Waals surface area contributed by atoms with Gasteiger partial charge in [-0.1, -0.05) is 28.1 Å². The van der Waals surface area contributed by atoms with Crippen LogP contribution in [0, 0.1) is 6.92 Å². The molecule has 2 N–H and O–H groups in total. The lowest BCUT2D eigenvalue weighted by atomic mass is 10.0. The first-order chi connectivity index (χ1) is 14.7. The number of aryl methyl sites for hydroxylation is 1. The quantitative estimate of drug-likeness (QED) is 0.387. The summed E-state index contributed by atoms with van der Waals surface area (Å²) in [6.45, 7) is 3.20. The number of sulfonamides is 1. The Bertz CT molecular complexity index is 1380. The average Bonchev–Trinajstić information content (AvgIpc) is 3.05. The fourth-order valence-corrected chi connectivity index (χ4v) is 5.47. The highest BCUT2D eigenvalue weighted by molar-refractivity contribution is 9.10. The fraction of sp³-hybridized carbons (Fsp3) is 0.0952. The number of carbonyl (C=O) groups is 1. The van der Waals surface area contributed by atoms with Crippen LogP contribution in [0.1, 0.15) is 11.8 Å². The summed E-state index contributed by atoms with van der Waals surface area (Å²) in [4.78, 5) is 22.0. The number of halogens is 1. The van der Waals surface area contributed by atoms with Crippen LogP contribution in [0.3, 0.4) is 0 Å². The van der Waals surface area contributed by atoms with Gasteiger partial charge in [0.25, 0.3) is 10.0 Å². The molecule has 1 amide bonds. The van der Waals surface area contributed by atoms with E-state index in [1.54, 1.807) is 23.5 Å². The third-order valence-corrected chi connectivity index (χ3v) is 7.49. The first kappa shape index (κ1) is 21.4. The summed E-state index contributed by atoms with van der Waals surface area (Å²) in [7, 11) is -3.88. The zero-order valence-electron chi connectivity index (χ0n) is 16.5. The minimum Gasteiger partial charge on any atom is -0.340 e. The molecular formula is C21H17BrN4O3S2. The molecule has 2 aromatic heterocycles. The van der Waals surface area contributed by atoms with Crippen LogP contribution in [0.15, 0.2) is 64.2 Å². The van der Waals surface area contributed by atoms with Crippen LogP contribution >= 0.6 is 27.3 Å². The Morgan fingerprint density at radius 2 is 1.71 bits per heavy atom. The van der Waals surface area contributed by atoms with Gasteiger partial charge < -0.3 is 5.32 Å². The average molecular weight is 517 g/mol. The highest BCUT2D eigenvalue weighted by Gasteiger charge is 2.18. The molecule has 31 heavy (non-hydrogen) atoms. The molecule has 4 aromatic rings. The van der Waals surface area contributed by atoms with Crippen LogP contribution in [0.25, 0.3) is 21.3 Å². The number of carbonyl (C=O) groups excluding carboxylic acids is 1. The molecule has 7 nitrogen and oxygen atoms in total. The number of hydrogen-bond donors (Lipinski definition) is 2. The molecule has 0 bridgehead atoms. The lowest BCUT2D eigenvalue weighted by Crippen LogP contribution is -2.28. The molecule has 4 rings (SSSR count). The second kappa shape index (κ2) is 8.37. The summed E-state index contributed by atoms with van der Waals surface area (Å²) in [6.07, 6.45) is 1.50. The normalized spacial score (nSPS) is 11.5. The van der Waals surface area contributed by atoms with E-state index < -0.39 is 15.9 Å². The topological polar surface area (TPSA) is 101 Å². The number of fused-ring (bicyclic) bond motifs is 1. The van der Waals surface area contributed by atoms with Crippen molar-refractivity contribution in [2.24, 2.45) is 0 Å². The molecule has 2 aromatic carbocycles. The molecule has 0 atom stereocenters. The minimum atomic E-state index is -3.88. The SMILES string of the molecule is CC(=O)NS(=O)(=O)c1ccc(Nc2ncnc3sc(C)c(-c4ccc(Br)cc4)c23)cc1. The predicted octanol–water partition coefficient (Wildman–Crippen LogP) is 5.00. The molecule has 0 aliphatic rings. The van der Waals surface area contributed by atoms with Gasteiger partial charge in [-0.15, -0.1) is 11.3 Å². The number of rotatable bonds is 5. The number of nitrogens with zero attached hydrogens (tertiary/aromatic N) is 2. The predicted molar refractivity (Wildman–Crippen MR) is 126 cm³/mol. The number of nitrogens with one attached hydrogen (secondary N) is 2. The van der Waals surface area contributed by atoms with E-state index in [0.29, 0.717) is 11.5 Å². The number of amides is 1. The molecule has 2 heterocycles. The second-order valence-electron chi connectivity index (χ2n) is 6.75. The number of hydrogen-bond acceptors (Lipinski definition) is 7. The standard InChI is InChI=1S/C21H17BrN4O3S2/c1-12-18(14-3-5-15(22)6-4-14)19-20(23-11-24-21(19)30-12)25-16-7-9-17(10-8-16)31(28,29)26-13(2)27/h3-11H,1-2H3,(H,26,27)(H,23,24,25). The van der Waals surface area contributed by atoms with E-state index in [1.807, 2.05) is 29.0 Å². The van der Waals surface area contributed by atoms with E-state index in [4.69, 9.17) is 0 Å². The van der Waals surface area contributed by atoms with Crippen molar-refractivity contribution in [3.05, 3.63) is 64.2 Å². The van der Waals surface area contributed by atoms with Crippen LogP contribution in [0.5, 0.6) is 0 Å². The summed E-state index contributed by atoms with van der Waals surface area (Å²) in [5.74, 6) is -0.0105. The molecule has 158 valence electrons. The Labute approximate surface area is 191 Å². The van der Waals surface area contributed by atoms with E-state index in [-0.39, 0.29) is 4.90 Å². The van der Waals surface area contributed by atoms with Gasteiger partial charge in [0.15, 0.2) is 0 Å². The first-order valence-corrected chi connectivity index (χ1v) is 12.2. The monoisotopic (exact) mass is 516 g/mol. The number of anilines is 2. The van der Waals surface area contributed by atoms with Gasteiger partial charge in [0.2, 0.25) is 5.91 Å². The summed E-state index contributed by atoms with van der Waals surface area (Å²) >= 11 is 5.06. The van der Waals surface area contributed by atoms with Crippen LogP contribution in [0.2, 0.25) is 0 Å². The molecular weight excluding hydrogens is 500 g/mol. The van der Waals surface area contributed by atoms with Crippen molar-refractivity contribution in [3.63, 3.8) is 0 Å². The van der Waals surface area contributed by atoms with Crippen LogP contribution in [0.4, 0.5) is 11.5 Å². The molecule has 0 spiro atoms. The third kappa shape index (κ3) is 4.46. The molecule has 0 fully saturated rings. The molecule has 0 aliphatic carbocycles. The van der Waals surface area contributed by atoms with Crippen molar-refractivity contribution in [2.45, 2.75) is 18.7 Å². The van der Waals surface area contributed by atoms with E-state index >= 15 is 0 Å². The van der Waals surface area contributed by atoms with Crippen LogP contribution in [-0.4, -0.2) is 24.3 Å². The zero-order chi connectivity index (χ0) is 22.2. The van der Waals surface area contributed by atoms with E-state index in [9.17, 15) is 13.2 Å². The van der Waals surface area contributed by atoms with Gasteiger partial charge in [0.1, 0.15) is 17.0 Å². The van der Waals surface area contributed by atoms with Gasteiger partial charge in [-0.2, -0.15) is 0 Å². The number of benzene rings is 2. The van der Waals surface area contributed by atoms with Gasteiger partial charge in [-0.25, -0.2) is 23.1 Å². The molecule has 0 saturated heterocycles. The Balaban J connectivity index is 1.73. The van der Waals surface area contributed by atoms with Crippen molar-refractivity contribution in [2.75, 3.05) is 5.32 Å². The van der Waals surface area contributed by atoms with E-state index in [2.05, 4.69) is 38.1 Å². The van der Waals surface area contributed by atoms with Crippen molar-refractivity contribution >= 4 is 64.9 Å². The van der Waals surface area contributed by atoms with Crippen molar-refractivity contribution in [1.29, 1.82) is 0 Å². The van der Waals surface area contributed by atoms with E-state index in [0.717, 1.165) is 37.6 Å². The Kier molecular flexibility index (Phi) is 5.78. The minimum absolute atomic E-state index is 0.00279. The highest BCUT2D eigenvalue weighted by atomic mass is 79.9. The largest absolute Gasteiger partial charge is 0.340 e. The maximum atomic E-state index is 12.1. The van der Waals surface area contributed by atoms with Crippen molar-refractivity contribution in [1.82, 2.24) is 14.7 Å². The first-order valence-electron chi connectivity index (χ1n) is 9.15. The molecule has 0 aliphatic heterocycles. The smallest absolute Gasteiger partial charge is 0.264 e. The van der Waals surface area contributed by atoms with Gasteiger partial charge in [0.05, 0.1) is 10.3 Å². The second-order valence-corrected chi connectivity index (χ2v) is 10.6. The molecule has 0 unspecified atom stereocenters. The maximum absolute atomic E-state index is 12.1. The van der Waals surface area contributed by atoms with Gasteiger partial charge in [0, 0.05) is 27.5 Å². The molecule has 0 saturated carbocycles. The Morgan fingerprint density at radius 1 is 1.03 bits per heavy atom. The van der Waals surface area contributed by atoms with Gasteiger partial charge >= 0.3 is 0 Å². The Morgan fingerprint density at radius 3 is 2.35 bits per heavy atom. The summed E-state index contributed by atoms with van der Waals surface area (Å²) in [6, 6.07) is 14.2. The maximum Gasteiger partial charge on any atom is 0.264 e. The van der Waals surface area contributed by atoms with Gasteiger partial charge in [-0.3, -0.25) is 4.79 Å². The van der Waals surface area contributed by atoms with Crippen molar-refractivity contribution in [3.8, 4) is 11.1 Å². The highest BCUT2D eigenvalue weighted by Crippen LogP contribution is 2.41. The summed E-state index contributed by atoms with van der Waals surface area (Å²) in [5, 5.41) is 4.17. The van der Waals surface area contributed by atoms with Crippen LogP contribution in [-0.2, 0) is 14.8 Å². The lowest BCUT2D eigenvalue weighted by Gasteiger charge is -2.10. The number of thiophene rings is 1. The summed E-state index contributed by atoms with van der Waals surface area (Å²) < 4.78 is 27.2. The lowest BCUT2D eigenvalue weighted by molar-refractivity contribution is -0.117.